The molecule has 2 atom stereocenters. The Morgan fingerprint density at radius 1 is 1.20 bits per heavy atom. The summed E-state index contributed by atoms with van der Waals surface area (Å²) in [5, 5.41) is 0. The van der Waals surface area contributed by atoms with E-state index in [2.05, 4.69) is 15.9 Å². The van der Waals surface area contributed by atoms with Gasteiger partial charge in [0.2, 0.25) is 0 Å². The Kier molecular flexibility index (Phi) is 3.39. The Hall–Kier alpha value is -0.440. The average molecular weight is 275 g/mol. The van der Waals surface area contributed by atoms with Gasteiger partial charge in [0, 0.05) is 4.83 Å². The van der Waals surface area contributed by atoms with Gasteiger partial charge in [0.15, 0.2) is 0 Å². The van der Waals surface area contributed by atoms with E-state index in [0.29, 0.717) is 10.4 Å². The van der Waals surface area contributed by atoms with Crippen molar-refractivity contribution in [1.82, 2.24) is 0 Å². The second-order valence-corrected chi connectivity index (χ2v) is 5.42. The zero-order valence-electron chi connectivity index (χ0n) is 8.35. The van der Waals surface area contributed by atoms with Crippen molar-refractivity contribution in [2.75, 3.05) is 0 Å². The van der Waals surface area contributed by atoms with Crippen molar-refractivity contribution in [3.05, 3.63) is 35.4 Å². The molecule has 82 valence electrons. The largest absolute Gasteiger partial charge is 0.207 e. The van der Waals surface area contributed by atoms with Crippen LogP contribution in [0.3, 0.4) is 0 Å². The van der Waals surface area contributed by atoms with Crippen molar-refractivity contribution in [2.24, 2.45) is 0 Å². The molecule has 3 heteroatoms. The molecule has 1 aromatic carbocycles. The van der Waals surface area contributed by atoms with Crippen LogP contribution in [0.4, 0.5) is 8.78 Å². The van der Waals surface area contributed by atoms with Gasteiger partial charge < -0.3 is 0 Å². The summed E-state index contributed by atoms with van der Waals surface area (Å²) in [6, 6.07) is 3.74. The van der Waals surface area contributed by atoms with E-state index < -0.39 is 0 Å². The van der Waals surface area contributed by atoms with Crippen molar-refractivity contribution in [2.45, 2.75) is 36.4 Å². The summed E-state index contributed by atoms with van der Waals surface area (Å²) in [4.78, 5) is 0.443. The van der Waals surface area contributed by atoms with Gasteiger partial charge in [-0.15, -0.1) is 0 Å². The van der Waals surface area contributed by atoms with E-state index in [-0.39, 0.29) is 17.6 Å². The molecule has 15 heavy (non-hydrogen) atoms. The third-order valence-electron chi connectivity index (χ3n) is 3.01. The van der Waals surface area contributed by atoms with Crippen LogP contribution < -0.4 is 0 Å². The van der Waals surface area contributed by atoms with Gasteiger partial charge in [-0.3, -0.25) is 0 Å². The SMILES string of the molecule is Fc1ccc(F)c(C2CCCC(Br)C2)c1. The number of rotatable bonds is 1. The van der Waals surface area contributed by atoms with Crippen molar-refractivity contribution >= 4 is 15.9 Å². The third kappa shape index (κ3) is 2.57. The molecule has 1 aromatic rings. The van der Waals surface area contributed by atoms with Crippen LogP contribution in [0.2, 0.25) is 0 Å². The summed E-state index contributed by atoms with van der Waals surface area (Å²) in [5.74, 6) is -0.454. The molecule has 0 amide bonds. The molecule has 0 bridgehead atoms. The second-order valence-electron chi connectivity index (χ2n) is 4.13. The maximum atomic E-state index is 13.5. The Morgan fingerprint density at radius 2 is 2.00 bits per heavy atom. The van der Waals surface area contributed by atoms with E-state index in [1.807, 2.05) is 0 Å². The molecule has 0 radical (unpaired) electrons. The van der Waals surface area contributed by atoms with Crippen molar-refractivity contribution < 1.29 is 8.78 Å². The van der Waals surface area contributed by atoms with E-state index in [9.17, 15) is 8.78 Å². The Morgan fingerprint density at radius 3 is 2.73 bits per heavy atom. The first-order valence-electron chi connectivity index (χ1n) is 5.26. The van der Waals surface area contributed by atoms with Gasteiger partial charge in [-0.05, 0) is 48.9 Å². The molecule has 0 heterocycles. The van der Waals surface area contributed by atoms with Gasteiger partial charge in [0.1, 0.15) is 11.6 Å². The highest BCUT2D eigenvalue weighted by molar-refractivity contribution is 9.09. The molecule has 2 unspecified atom stereocenters. The van der Waals surface area contributed by atoms with Gasteiger partial charge in [-0.2, -0.15) is 0 Å². The van der Waals surface area contributed by atoms with Crippen LogP contribution in [-0.4, -0.2) is 4.83 Å². The fourth-order valence-corrected chi connectivity index (χ4v) is 3.02. The molecule has 1 aliphatic carbocycles. The molecule has 0 nitrogen and oxygen atoms in total. The van der Waals surface area contributed by atoms with Crippen LogP contribution in [0.25, 0.3) is 0 Å². The molecule has 1 aliphatic rings. The Balaban J connectivity index is 2.24. The van der Waals surface area contributed by atoms with Crippen molar-refractivity contribution in [3.8, 4) is 0 Å². The molecule has 0 aliphatic heterocycles. The Bertz CT molecular complexity index is 351. The molecule has 1 fully saturated rings. The molecule has 0 spiro atoms. The van der Waals surface area contributed by atoms with Crippen molar-refractivity contribution in [1.29, 1.82) is 0 Å². The molecule has 1 saturated carbocycles. The van der Waals surface area contributed by atoms with Gasteiger partial charge in [0.25, 0.3) is 0 Å². The first kappa shape index (κ1) is 11.1. The summed E-state index contributed by atoms with van der Waals surface area (Å²) in [7, 11) is 0. The average Bonchev–Trinajstić information content (AvgIpc) is 2.22. The summed E-state index contributed by atoms with van der Waals surface area (Å²) in [6.45, 7) is 0. The van der Waals surface area contributed by atoms with E-state index in [4.69, 9.17) is 0 Å². The zero-order valence-corrected chi connectivity index (χ0v) is 9.94. The lowest BCUT2D eigenvalue weighted by Gasteiger charge is -2.26. The van der Waals surface area contributed by atoms with Crippen LogP contribution >= 0.6 is 15.9 Å². The number of alkyl halides is 1. The maximum absolute atomic E-state index is 13.5. The number of benzene rings is 1. The van der Waals surface area contributed by atoms with E-state index in [0.717, 1.165) is 25.7 Å². The highest BCUT2D eigenvalue weighted by Crippen LogP contribution is 2.37. The number of halogens is 3. The lowest BCUT2D eigenvalue weighted by Crippen LogP contribution is -2.14. The fourth-order valence-electron chi connectivity index (χ4n) is 2.24. The molecular weight excluding hydrogens is 262 g/mol. The summed E-state index contributed by atoms with van der Waals surface area (Å²) < 4.78 is 26.5. The normalized spacial score (nSPS) is 26.6. The highest BCUT2D eigenvalue weighted by atomic mass is 79.9. The topological polar surface area (TPSA) is 0 Å². The van der Waals surface area contributed by atoms with Crippen LogP contribution in [0.15, 0.2) is 18.2 Å². The van der Waals surface area contributed by atoms with Crippen LogP contribution in [0.5, 0.6) is 0 Å². The molecule has 0 aromatic heterocycles. The first-order valence-corrected chi connectivity index (χ1v) is 6.17. The zero-order chi connectivity index (χ0) is 10.8. The molecule has 0 saturated heterocycles. The van der Waals surface area contributed by atoms with Crippen LogP contribution in [-0.2, 0) is 0 Å². The fraction of sp³-hybridized carbons (Fsp3) is 0.500. The van der Waals surface area contributed by atoms with E-state index >= 15 is 0 Å². The Labute approximate surface area is 96.8 Å². The van der Waals surface area contributed by atoms with Crippen LogP contribution in [0, 0.1) is 11.6 Å². The highest BCUT2D eigenvalue weighted by Gasteiger charge is 2.23. The van der Waals surface area contributed by atoms with Gasteiger partial charge in [-0.1, -0.05) is 22.4 Å². The third-order valence-corrected chi connectivity index (χ3v) is 3.84. The minimum atomic E-state index is -0.344. The van der Waals surface area contributed by atoms with Crippen LogP contribution in [0.1, 0.15) is 37.2 Å². The maximum Gasteiger partial charge on any atom is 0.126 e. The van der Waals surface area contributed by atoms with Gasteiger partial charge in [-0.25, -0.2) is 8.78 Å². The van der Waals surface area contributed by atoms with E-state index in [1.54, 1.807) is 0 Å². The molecule has 2 rings (SSSR count). The quantitative estimate of drug-likeness (QED) is 0.667. The lowest BCUT2D eigenvalue weighted by molar-refractivity contribution is 0.439. The monoisotopic (exact) mass is 274 g/mol. The van der Waals surface area contributed by atoms with Gasteiger partial charge >= 0.3 is 0 Å². The summed E-state index contributed by atoms with van der Waals surface area (Å²) in [6.07, 6.45) is 4.08. The lowest BCUT2D eigenvalue weighted by atomic mass is 9.84. The standard InChI is InChI=1S/C12H13BrF2/c13-9-3-1-2-8(6-9)11-7-10(14)4-5-12(11)15/h4-5,7-9H,1-3,6H2. The van der Waals surface area contributed by atoms with E-state index in [1.165, 1.54) is 18.2 Å². The number of hydrogen-bond donors (Lipinski definition) is 0. The number of hydrogen-bond acceptors (Lipinski definition) is 0. The minimum absolute atomic E-state index is 0.166. The molecular formula is C12H13BrF2. The van der Waals surface area contributed by atoms with Crippen molar-refractivity contribution in [3.63, 3.8) is 0 Å². The smallest absolute Gasteiger partial charge is 0.126 e. The summed E-state index contributed by atoms with van der Waals surface area (Å²) in [5.41, 5.74) is 0.541. The predicted octanol–water partition coefficient (Wildman–Crippen LogP) is 4.39. The molecule has 0 N–H and O–H groups in total. The second kappa shape index (κ2) is 4.60. The minimum Gasteiger partial charge on any atom is -0.207 e. The van der Waals surface area contributed by atoms with Gasteiger partial charge in [0.05, 0.1) is 0 Å². The first-order chi connectivity index (χ1) is 7.16. The summed E-state index contributed by atoms with van der Waals surface area (Å²) >= 11 is 3.55. The predicted molar refractivity (Wildman–Crippen MR) is 60.3 cm³/mol.